The topological polar surface area (TPSA) is 34.0 Å². The first-order valence-electron chi connectivity index (χ1n) is 3.76. The second-order valence-electron chi connectivity index (χ2n) is 2.76. The molecular weight excluding hydrogens is 140 g/mol. The van der Waals surface area contributed by atoms with Crippen molar-refractivity contribution >= 4 is 0 Å². The predicted octanol–water partition coefficient (Wildman–Crippen LogP) is -0.00740. The van der Waals surface area contributed by atoms with Crippen LogP contribution in [0.25, 0.3) is 0 Å². The maximum atomic E-state index is 11.2. The Morgan fingerprint density at radius 2 is 2.27 bits per heavy atom. The quantitative estimate of drug-likeness (QED) is 0.611. The van der Waals surface area contributed by atoms with Crippen molar-refractivity contribution in [2.75, 3.05) is 13.1 Å². The Labute approximate surface area is 64.7 Å². The summed E-state index contributed by atoms with van der Waals surface area (Å²) in [7, 11) is 0. The molecule has 0 unspecified atom stereocenters. The molecule has 0 bridgehead atoms. The van der Waals surface area contributed by atoms with Gasteiger partial charge in [0.1, 0.15) is 0 Å². The Hall–Kier alpha value is -1.09. The third-order valence-corrected chi connectivity index (χ3v) is 2.00. The predicted molar refractivity (Wildman–Crippen MR) is 42.6 cm³/mol. The van der Waals surface area contributed by atoms with Crippen molar-refractivity contribution in [3.63, 3.8) is 0 Å². The molecule has 2 rings (SSSR count). The molecule has 0 aliphatic carbocycles. The minimum Gasteiger partial charge on any atom is -0.313 e. The van der Waals surface area contributed by atoms with Gasteiger partial charge in [-0.05, 0) is 6.07 Å². The van der Waals surface area contributed by atoms with Gasteiger partial charge in [0.25, 0.3) is 5.56 Å². The van der Waals surface area contributed by atoms with E-state index in [1.165, 1.54) is 0 Å². The highest BCUT2D eigenvalue weighted by Crippen LogP contribution is 2.06. The van der Waals surface area contributed by atoms with Crippen LogP contribution in [0.2, 0.25) is 0 Å². The first-order valence-corrected chi connectivity index (χ1v) is 3.76. The lowest BCUT2D eigenvalue weighted by molar-refractivity contribution is 0.336. The Kier molecular flexibility index (Phi) is 1.51. The molecule has 1 saturated heterocycles. The second-order valence-corrected chi connectivity index (χ2v) is 2.76. The van der Waals surface area contributed by atoms with E-state index in [1.54, 1.807) is 16.7 Å². The first kappa shape index (κ1) is 6.61. The summed E-state index contributed by atoms with van der Waals surface area (Å²) < 4.78 is 1.77. The fourth-order valence-electron chi connectivity index (χ4n) is 1.21. The maximum Gasteiger partial charge on any atom is 0.250 e. The molecule has 2 heterocycles. The van der Waals surface area contributed by atoms with Gasteiger partial charge in [0, 0.05) is 25.4 Å². The van der Waals surface area contributed by atoms with E-state index < -0.39 is 0 Å². The van der Waals surface area contributed by atoms with Crippen molar-refractivity contribution in [3.05, 3.63) is 34.7 Å². The molecule has 11 heavy (non-hydrogen) atoms. The van der Waals surface area contributed by atoms with Gasteiger partial charge in [0.15, 0.2) is 0 Å². The summed E-state index contributed by atoms with van der Waals surface area (Å²) in [5.74, 6) is 0. The molecule has 0 aromatic carbocycles. The van der Waals surface area contributed by atoms with Crippen LogP contribution in [0.1, 0.15) is 6.04 Å². The number of nitrogens with zero attached hydrogens (tertiary/aromatic N) is 1. The summed E-state index contributed by atoms with van der Waals surface area (Å²) in [6.45, 7) is 1.84. The molecule has 3 heteroatoms. The summed E-state index contributed by atoms with van der Waals surface area (Å²) in [5, 5.41) is 3.13. The number of aromatic nitrogens is 1. The van der Waals surface area contributed by atoms with Gasteiger partial charge in [-0.2, -0.15) is 0 Å². The van der Waals surface area contributed by atoms with Crippen LogP contribution in [0.4, 0.5) is 0 Å². The third-order valence-electron chi connectivity index (χ3n) is 2.00. The Morgan fingerprint density at radius 1 is 1.45 bits per heavy atom. The molecule has 1 fully saturated rings. The Morgan fingerprint density at radius 3 is 2.82 bits per heavy atom. The van der Waals surface area contributed by atoms with Crippen molar-refractivity contribution in [2.45, 2.75) is 6.04 Å². The standard InChI is InChI=1S/C8H10N2O/c11-8-3-1-2-4-10(8)7-5-9-6-7/h1-4,7,9H,5-6H2. The molecule has 0 radical (unpaired) electrons. The van der Waals surface area contributed by atoms with Crippen LogP contribution in [0.5, 0.6) is 0 Å². The zero-order valence-corrected chi connectivity index (χ0v) is 6.16. The van der Waals surface area contributed by atoms with Crippen LogP contribution in [-0.4, -0.2) is 17.7 Å². The van der Waals surface area contributed by atoms with Gasteiger partial charge in [-0.3, -0.25) is 4.79 Å². The first-order chi connectivity index (χ1) is 5.38. The number of nitrogens with one attached hydrogen (secondary N) is 1. The van der Waals surface area contributed by atoms with Gasteiger partial charge in [-0.15, -0.1) is 0 Å². The Balaban J connectivity index is 2.36. The molecule has 3 nitrogen and oxygen atoms in total. The normalized spacial score (nSPS) is 17.8. The smallest absolute Gasteiger partial charge is 0.250 e. The van der Waals surface area contributed by atoms with E-state index in [9.17, 15) is 4.79 Å². The monoisotopic (exact) mass is 150 g/mol. The van der Waals surface area contributed by atoms with Crippen molar-refractivity contribution in [1.29, 1.82) is 0 Å². The minimum atomic E-state index is 0.0963. The maximum absolute atomic E-state index is 11.2. The average molecular weight is 150 g/mol. The number of hydrogen-bond acceptors (Lipinski definition) is 2. The fourth-order valence-corrected chi connectivity index (χ4v) is 1.21. The van der Waals surface area contributed by atoms with E-state index in [4.69, 9.17) is 0 Å². The van der Waals surface area contributed by atoms with Crippen LogP contribution in [0.3, 0.4) is 0 Å². The SMILES string of the molecule is O=c1ccccn1C1CNC1. The highest BCUT2D eigenvalue weighted by molar-refractivity contribution is 4.97. The minimum absolute atomic E-state index is 0.0963. The summed E-state index contributed by atoms with van der Waals surface area (Å²) in [5.41, 5.74) is 0.0963. The highest BCUT2D eigenvalue weighted by Gasteiger charge is 2.18. The molecule has 0 spiro atoms. The van der Waals surface area contributed by atoms with Crippen LogP contribution in [0.15, 0.2) is 29.2 Å². The van der Waals surface area contributed by atoms with E-state index in [0.29, 0.717) is 6.04 Å². The zero-order chi connectivity index (χ0) is 7.68. The van der Waals surface area contributed by atoms with Gasteiger partial charge in [-0.1, -0.05) is 6.07 Å². The summed E-state index contributed by atoms with van der Waals surface area (Å²) in [6.07, 6.45) is 1.84. The van der Waals surface area contributed by atoms with Crippen molar-refractivity contribution < 1.29 is 0 Å². The molecule has 0 atom stereocenters. The molecular formula is C8H10N2O. The molecule has 1 aromatic heterocycles. The summed E-state index contributed by atoms with van der Waals surface area (Å²) in [6, 6.07) is 5.63. The average Bonchev–Trinajstić information content (AvgIpc) is 1.90. The summed E-state index contributed by atoms with van der Waals surface area (Å²) in [4.78, 5) is 11.2. The van der Waals surface area contributed by atoms with Crippen molar-refractivity contribution in [1.82, 2.24) is 9.88 Å². The molecule has 58 valence electrons. The lowest BCUT2D eigenvalue weighted by Crippen LogP contribution is -2.46. The Bertz CT molecular complexity index is 301. The zero-order valence-electron chi connectivity index (χ0n) is 6.16. The number of pyridine rings is 1. The van der Waals surface area contributed by atoms with Crippen molar-refractivity contribution in [3.8, 4) is 0 Å². The summed E-state index contributed by atoms with van der Waals surface area (Å²) >= 11 is 0. The van der Waals surface area contributed by atoms with Crippen LogP contribution < -0.4 is 10.9 Å². The van der Waals surface area contributed by atoms with Gasteiger partial charge >= 0.3 is 0 Å². The largest absolute Gasteiger partial charge is 0.313 e. The lowest BCUT2D eigenvalue weighted by Gasteiger charge is -2.28. The van der Waals surface area contributed by atoms with Crippen LogP contribution in [-0.2, 0) is 0 Å². The van der Waals surface area contributed by atoms with Gasteiger partial charge in [-0.25, -0.2) is 0 Å². The van der Waals surface area contributed by atoms with E-state index in [-0.39, 0.29) is 5.56 Å². The fraction of sp³-hybridized carbons (Fsp3) is 0.375. The second kappa shape index (κ2) is 2.51. The highest BCUT2D eigenvalue weighted by atomic mass is 16.1. The molecule has 0 saturated carbocycles. The number of hydrogen-bond donors (Lipinski definition) is 1. The lowest BCUT2D eigenvalue weighted by atomic mass is 10.2. The van der Waals surface area contributed by atoms with E-state index in [2.05, 4.69) is 5.32 Å². The van der Waals surface area contributed by atoms with Crippen molar-refractivity contribution in [2.24, 2.45) is 0 Å². The molecule has 1 aromatic rings. The van der Waals surface area contributed by atoms with Crippen LogP contribution in [0, 0.1) is 0 Å². The molecule has 1 aliphatic rings. The van der Waals surface area contributed by atoms with Gasteiger partial charge < -0.3 is 9.88 Å². The van der Waals surface area contributed by atoms with Crippen LogP contribution >= 0.6 is 0 Å². The third kappa shape index (κ3) is 1.07. The van der Waals surface area contributed by atoms with Gasteiger partial charge in [0.2, 0.25) is 0 Å². The van der Waals surface area contributed by atoms with E-state index in [1.807, 2.05) is 12.3 Å². The number of rotatable bonds is 1. The van der Waals surface area contributed by atoms with Gasteiger partial charge in [0.05, 0.1) is 6.04 Å². The molecule has 0 amide bonds. The van der Waals surface area contributed by atoms with E-state index in [0.717, 1.165) is 13.1 Å². The molecule has 1 N–H and O–H groups in total. The van der Waals surface area contributed by atoms with E-state index >= 15 is 0 Å². The molecule has 1 aliphatic heterocycles.